The summed E-state index contributed by atoms with van der Waals surface area (Å²) < 4.78 is 26.2. The molecule has 0 aromatic heterocycles. The van der Waals surface area contributed by atoms with Gasteiger partial charge >= 0.3 is 0 Å². The van der Waals surface area contributed by atoms with Gasteiger partial charge in [-0.25, -0.2) is 13.1 Å². The molecule has 6 nitrogen and oxygen atoms in total. The Morgan fingerprint density at radius 3 is 2.43 bits per heavy atom. The summed E-state index contributed by atoms with van der Waals surface area (Å²) in [5.41, 5.74) is 7.38. The lowest BCUT2D eigenvalue weighted by molar-refractivity contribution is 0.373. The molecular formula is C14H26N4O2S. The van der Waals surface area contributed by atoms with Gasteiger partial charge in [0.2, 0.25) is 10.0 Å². The Morgan fingerprint density at radius 2 is 1.95 bits per heavy atom. The summed E-state index contributed by atoms with van der Waals surface area (Å²) in [6, 6.07) is 5.02. The van der Waals surface area contributed by atoms with E-state index in [1.807, 2.05) is 21.0 Å². The van der Waals surface area contributed by atoms with E-state index in [0.29, 0.717) is 5.69 Å². The minimum atomic E-state index is -3.47. The van der Waals surface area contributed by atoms with E-state index in [1.54, 1.807) is 12.1 Å². The van der Waals surface area contributed by atoms with Gasteiger partial charge in [-0.05, 0) is 53.2 Å². The van der Waals surface area contributed by atoms with Crippen molar-refractivity contribution in [2.75, 3.05) is 44.9 Å². The number of nitrogen functional groups attached to an aromatic ring is 1. The molecule has 0 radical (unpaired) electrons. The van der Waals surface area contributed by atoms with Gasteiger partial charge in [0.15, 0.2) is 0 Å². The lowest BCUT2D eigenvalue weighted by atomic mass is 10.2. The number of hydrogen-bond donors (Lipinski definition) is 2. The molecule has 1 atom stereocenters. The van der Waals surface area contributed by atoms with Crippen LogP contribution >= 0.6 is 0 Å². The van der Waals surface area contributed by atoms with Gasteiger partial charge in [0.25, 0.3) is 0 Å². The van der Waals surface area contributed by atoms with E-state index in [1.165, 1.54) is 13.1 Å². The van der Waals surface area contributed by atoms with Gasteiger partial charge in [-0.1, -0.05) is 0 Å². The average molecular weight is 314 g/mol. The van der Waals surface area contributed by atoms with E-state index in [9.17, 15) is 8.42 Å². The Labute approximate surface area is 128 Å². The number of nitrogens with one attached hydrogen (secondary N) is 1. The Bertz CT molecular complexity index is 572. The van der Waals surface area contributed by atoms with Crippen LogP contribution in [0.3, 0.4) is 0 Å². The molecule has 21 heavy (non-hydrogen) atoms. The van der Waals surface area contributed by atoms with Crippen molar-refractivity contribution in [2.45, 2.75) is 24.8 Å². The third-order valence-corrected chi connectivity index (χ3v) is 4.80. The van der Waals surface area contributed by atoms with Crippen LogP contribution in [0.1, 0.15) is 13.8 Å². The second kappa shape index (κ2) is 7.11. The number of benzene rings is 1. The van der Waals surface area contributed by atoms with Crippen LogP contribution in [0.5, 0.6) is 0 Å². The SMILES string of the molecule is CCN(c1cc(S(=O)(=O)NC)ccc1N)C(C)CN(C)C. The molecule has 7 heteroatoms. The summed E-state index contributed by atoms with van der Waals surface area (Å²) in [6.45, 7) is 5.74. The Hall–Kier alpha value is -1.31. The Balaban J connectivity index is 3.23. The molecule has 0 aliphatic heterocycles. The van der Waals surface area contributed by atoms with Gasteiger partial charge in [-0.15, -0.1) is 0 Å². The first-order valence-electron chi connectivity index (χ1n) is 6.97. The summed E-state index contributed by atoms with van der Waals surface area (Å²) in [7, 11) is 1.95. The second-order valence-electron chi connectivity index (χ2n) is 5.33. The maximum Gasteiger partial charge on any atom is 0.240 e. The quantitative estimate of drug-likeness (QED) is 0.733. The molecule has 0 aliphatic rings. The van der Waals surface area contributed by atoms with Crippen molar-refractivity contribution in [2.24, 2.45) is 0 Å². The summed E-state index contributed by atoms with van der Waals surface area (Å²) in [5.74, 6) is 0. The van der Waals surface area contributed by atoms with Gasteiger partial charge in [0, 0.05) is 19.1 Å². The van der Waals surface area contributed by atoms with Crippen LogP contribution < -0.4 is 15.4 Å². The van der Waals surface area contributed by atoms with Gasteiger partial charge in [0.05, 0.1) is 16.3 Å². The highest BCUT2D eigenvalue weighted by Gasteiger charge is 2.19. The van der Waals surface area contributed by atoms with Crippen molar-refractivity contribution in [1.29, 1.82) is 0 Å². The first-order valence-corrected chi connectivity index (χ1v) is 8.45. The third kappa shape index (κ3) is 4.33. The number of anilines is 2. The van der Waals surface area contributed by atoms with Crippen molar-refractivity contribution in [3.63, 3.8) is 0 Å². The summed E-state index contributed by atoms with van der Waals surface area (Å²) in [5, 5.41) is 0. The van der Waals surface area contributed by atoms with E-state index < -0.39 is 10.0 Å². The fraction of sp³-hybridized carbons (Fsp3) is 0.571. The number of nitrogens with two attached hydrogens (primary N) is 1. The number of rotatable bonds is 7. The van der Waals surface area contributed by atoms with Crippen molar-refractivity contribution >= 4 is 21.4 Å². The van der Waals surface area contributed by atoms with Crippen molar-refractivity contribution in [3.05, 3.63) is 18.2 Å². The molecule has 0 heterocycles. The molecular weight excluding hydrogens is 288 g/mol. The highest BCUT2D eigenvalue weighted by atomic mass is 32.2. The van der Waals surface area contributed by atoms with Gasteiger partial charge < -0.3 is 15.5 Å². The topological polar surface area (TPSA) is 78.7 Å². The van der Waals surface area contributed by atoms with E-state index in [0.717, 1.165) is 18.8 Å². The van der Waals surface area contributed by atoms with Crippen LogP contribution in [0.2, 0.25) is 0 Å². The molecule has 1 aromatic carbocycles. The number of likely N-dealkylation sites (N-methyl/N-ethyl adjacent to an activating group) is 2. The Kier molecular flexibility index (Phi) is 6.00. The average Bonchev–Trinajstić information content (AvgIpc) is 2.40. The molecule has 0 aliphatic carbocycles. The van der Waals surface area contributed by atoms with E-state index in [-0.39, 0.29) is 10.9 Å². The standard InChI is InChI=1S/C14H26N4O2S/c1-6-18(11(2)10-17(4)5)14-9-12(7-8-13(14)15)21(19,20)16-3/h7-9,11,16H,6,10,15H2,1-5H3. The van der Waals surface area contributed by atoms with Crippen molar-refractivity contribution in [3.8, 4) is 0 Å². The number of nitrogens with zero attached hydrogens (tertiary/aromatic N) is 2. The first kappa shape index (κ1) is 17.7. The predicted octanol–water partition coefficient (Wildman–Crippen LogP) is 0.953. The highest BCUT2D eigenvalue weighted by molar-refractivity contribution is 7.89. The molecule has 0 bridgehead atoms. The fourth-order valence-electron chi connectivity index (χ4n) is 2.40. The maximum atomic E-state index is 11.9. The molecule has 120 valence electrons. The van der Waals surface area contributed by atoms with Crippen LogP contribution in [0.25, 0.3) is 0 Å². The lowest BCUT2D eigenvalue weighted by Gasteiger charge is -2.33. The summed E-state index contributed by atoms with van der Waals surface area (Å²) in [6.07, 6.45) is 0. The fourth-order valence-corrected chi connectivity index (χ4v) is 3.15. The highest BCUT2D eigenvalue weighted by Crippen LogP contribution is 2.28. The van der Waals surface area contributed by atoms with E-state index >= 15 is 0 Å². The number of hydrogen-bond acceptors (Lipinski definition) is 5. The zero-order chi connectivity index (χ0) is 16.2. The monoisotopic (exact) mass is 314 g/mol. The minimum absolute atomic E-state index is 0.222. The molecule has 0 spiro atoms. The second-order valence-corrected chi connectivity index (χ2v) is 7.21. The number of sulfonamides is 1. The summed E-state index contributed by atoms with van der Waals surface area (Å²) >= 11 is 0. The van der Waals surface area contributed by atoms with Gasteiger partial charge in [0.1, 0.15) is 0 Å². The predicted molar refractivity (Wildman–Crippen MR) is 88.1 cm³/mol. The van der Waals surface area contributed by atoms with Crippen LogP contribution in [0.4, 0.5) is 11.4 Å². The minimum Gasteiger partial charge on any atom is -0.397 e. The molecule has 1 unspecified atom stereocenters. The lowest BCUT2D eigenvalue weighted by Crippen LogP contribution is -2.40. The molecule has 1 aromatic rings. The van der Waals surface area contributed by atoms with Gasteiger partial charge in [-0.3, -0.25) is 0 Å². The summed E-state index contributed by atoms with van der Waals surface area (Å²) in [4.78, 5) is 4.44. The van der Waals surface area contributed by atoms with Crippen LogP contribution in [-0.2, 0) is 10.0 Å². The smallest absolute Gasteiger partial charge is 0.240 e. The molecule has 0 amide bonds. The first-order chi connectivity index (χ1) is 9.72. The van der Waals surface area contributed by atoms with E-state index in [4.69, 9.17) is 5.73 Å². The van der Waals surface area contributed by atoms with E-state index in [2.05, 4.69) is 21.4 Å². The van der Waals surface area contributed by atoms with Crippen LogP contribution in [0, 0.1) is 0 Å². The Morgan fingerprint density at radius 1 is 1.33 bits per heavy atom. The normalized spacial score (nSPS) is 13.4. The van der Waals surface area contributed by atoms with Crippen molar-refractivity contribution < 1.29 is 8.42 Å². The molecule has 1 rings (SSSR count). The van der Waals surface area contributed by atoms with Crippen molar-refractivity contribution in [1.82, 2.24) is 9.62 Å². The molecule has 3 N–H and O–H groups in total. The van der Waals surface area contributed by atoms with Crippen LogP contribution in [-0.4, -0.2) is 53.6 Å². The zero-order valence-electron chi connectivity index (χ0n) is 13.4. The largest absolute Gasteiger partial charge is 0.397 e. The molecule has 0 saturated carbocycles. The van der Waals surface area contributed by atoms with Gasteiger partial charge in [-0.2, -0.15) is 0 Å². The third-order valence-electron chi connectivity index (χ3n) is 3.39. The zero-order valence-corrected chi connectivity index (χ0v) is 14.2. The molecule has 0 fully saturated rings. The molecule has 0 saturated heterocycles. The maximum absolute atomic E-state index is 11.9. The van der Waals surface area contributed by atoms with Crippen LogP contribution in [0.15, 0.2) is 23.1 Å².